The Hall–Kier alpha value is 0.0795. The Morgan fingerprint density at radius 2 is 1.17 bits per heavy atom. The van der Waals surface area contributed by atoms with E-state index in [1.165, 1.54) is 76.5 Å². The van der Waals surface area contributed by atoms with Crippen LogP contribution < -0.4 is 5.30 Å². The molecule has 35 heavy (non-hydrogen) atoms. The van der Waals surface area contributed by atoms with E-state index in [0.717, 1.165) is 28.8 Å². The van der Waals surface area contributed by atoms with E-state index in [9.17, 15) is 0 Å². The molecule has 0 N–H and O–H groups in total. The third kappa shape index (κ3) is 10.0. The van der Waals surface area contributed by atoms with E-state index < -0.39 is 0 Å². The second-order valence-electron chi connectivity index (χ2n) is 11.7. The largest absolute Gasteiger partial charge is 0.748 e. The van der Waals surface area contributed by atoms with Crippen LogP contribution in [0.5, 0.6) is 0 Å². The molecule has 1 unspecified atom stereocenters. The molecule has 2 aromatic rings. The molecule has 2 aliphatic rings. The van der Waals surface area contributed by atoms with Gasteiger partial charge in [-0.3, -0.25) is 0 Å². The molecule has 2 fully saturated rings. The molecule has 0 radical (unpaired) electrons. The summed E-state index contributed by atoms with van der Waals surface area (Å²) in [6.45, 7) is 12.3. The summed E-state index contributed by atoms with van der Waals surface area (Å²) < 4.78 is 0. The Morgan fingerprint density at radius 1 is 0.743 bits per heavy atom. The SMILES string of the molecule is CC(C)CP(CC(C)C)C(C)[c-]1cccc1P(C1CCCCC1)C1CCCCC1.[Fe].[cH-]1[cH-][cH-][cH-][cH-]1. The first-order valence-corrected chi connectivity index (χ1v) is 17.7. The van der Waals surface area contributed by atoms with Crippen molar-refractivity contribution >= 4 is 21.1 Å². The van der Waals surface area contributed by atoms with Crippen LogP contribution in [0.15, 0.2) is 48.5 Å². The first-order valence-electron chi connectivity index (χ1n) is 14.4. The topological polar surface area (TPSA) is 0 Å². The Kier molecular flexibility index (Phi) is 15.0. The maximum absolute atomic E-state index is 2.60. The van der Waals surface area contributed by atoms with Crippen molar-refractivity contribution in [2.24, 2.45) is 11.8 Å². The van der Waals surface area contributed by atoms with Crippen LogP contribution in [0.1, 0.15) is 110 Å². The summed E-state index contributed by atoms with van der Waals surface area (Å²) in [5, 5.41) is 1.87. The van der Waals surface area contributed by atoms with Crippen molar-refractivity contribution in [2.75, 3.05) is 12.3 Å². The normalized spacial score (nSPS) is 18.5. The second-order valence-corrected chi connectivity index (χ2v) is 17.2. The predicted octanol–water partition coefficient (Wildman–Crippen LogP) is 10.4. The van der Waals surface area contributed by atoms with Gasteiger partial charge in [0, 0.05) is 17.1 Å². The van der Waals surface area contributed by atoms with Crippen LogP contribution in [0.25, 0.3) is 0 Å². The first kappa shape index (κ1) is 31.3. The van der Waals surface area contributed by atoms with Crippen molar-refractivity contribution in [3.63, 3.8) is 0 Å². The molecule has 2 aliphatic carbocycles. The van der Waals surface area contributed by atoms with Crippen LogP contribution in [-0.4, -0.2) is 23.6 Å². The van der Waals surface area contributed by atoms with Gasteiger partial charge in [0.25, 0.3) is 0 Å². The van der Waals surface area contributed by atoms with E-state index in [1.807, 2.05) is 35.6 Å². The molecule has 0 spiro atoms. The second kappa shape index (κ2) is 16.8. The minimum Gasteiger partial charge on any atom is -0.748 e. The van der Waals surface area contributed by atoms with E-state index in [-0.39, 0.29) is 32.9 Å². The maximum Gasteiger partial charge on any atom is 0 e. The van der Waals surface area contributed by atoms with Gasteiger partial charge in [0.15, 0.2) is 0 Å². The molecule has 2 aromatic carbocycles. The molecule has 0 nitrogen and oxygen atoms in total. The van der Waals surface area contributed by atoms with E-state index >= 15 is 0 Å². The molecule has 0 aromatic heterocycles. The summed E-state index contributed by atoms with van der Waals surface area (Å²) in [5.74, 6) is 1.66. The van der Waals surface area contributed by atoms with Crippen molar-refractivity contribution in [2.45, 2.75) is 116 Å². The molecule has 0 heterocycles. The van der Waals surface area contributed by atoms with Crippen molar-refractivity contribution in [3.8, 4) is 0 Å². The number of hydrogen-bond acceptors (Lipinski definition) is 0. The van der Waals surface area contributed by atoms with Gasteiger partial charge in [0.05, 0.1) is 0 Å². The van der Waals surface area contributed by atoms with Crippen LogP contribution in [0.3, 0.4) is 0 Å². The summed E-state index contributed by atoms with van der Waals surface area (Å²) in [5.41, 5.74) is 4.63. The van der Waals surface area contributed by atoms with Crippen molar-refractivity contribution < 1.29 is 17.1 Å². The quantitative estimate of drug-likeness (QED) is 0.164. The summed E-state index contributed by atoms with van der Waals surface area (Å²) in [6.07, 6.45) is 17.9. The molecule has 0 aliphatic heterocycles. The minimum absolute atomic E-state index is 0. The fourth-order valence-corrected chi connectivity index (χ4v) is 13.7. The average Bonchev–Trinajstić information content (AvgIpc) is 3.55. The zero-order valence-electron chi connectivity index (χ0n) is 23.2. The standard InChI is InChI=1S/C27H47P2.C5H5.Fe/c1-21(2)19-28(20-22(3)4)23(5)26-17-12-18-27(26)29(24-13-8-6-9-14-24)25-15-10-7-11-16-25;1-2-4-5-3-1;/h12,17-18,21-25H,6-11,13-16,19-20H2,1-5H3;1-5H;/q-1;-5;. The smallest absolute Gasteiger partial charge is 0 e. The van der Waals surface area contributed by atoms with Gasteiger partial charge in [0.2, 0.25) is 0 Å². The average molecular weight is 555 g/mol. The maximum atomic E-state index is 2.60. The Morgan fingerprint density at radius 3 is 1.57 bits per heavy atom. The van der Waals surface area contributed by atoms with Crippen molar-refractivity contribution in [1.29, 1.82) is 0 Å². The molecule has 0 saturated heterocycles. The summed E-state index contributed by atoms with van der Waals surface area (Å²) in [6, 6.07) is 17.6. The van der Waals surface area contributed by atoms with Crippen LogP contribution in [0.4, 0.5) is 0 Å². The molecule has 4 rings (SSSR count). The van der Waals surface area contributed by atoms with E-state index in [2.05, 4.69) is 52.8 Å². The van der Waals surface area contributed by atoms with E-state index in [1.54, 1.807) is 5.56 Å². The monoisotopic (exact) mass is 554 g/mol. The number of hydrogen-bond donors (Lipinski definition) is 0. The van der Waals surface area contributed by atoms with Gasteiger partial charge in [-0.1, -0.05) is 81.1 Å². The molecule has 0 bridgehead atoms. The van der Waals surface area contributed by atoms with Gasteiger partial charge in [0.1, 0.15) is 0 Å². The number of rotatable bonds is 9. The van der Waals surface area contributed by atoms with Gasteiger partial charge in [-0.05, 0) is 66.8 Å². The zero-order valence-corrected chi connectivity index (χ0v) is 26.1. The molecule has 1 atom stereocenters. The summed E-state index contributed by atoms with van der Waals surface area (Å²) >= 11 is 0. The van der Waals surface area contributed by atoms with Gasteiger partial charge in [-0.25, -0.2) is 12.1 Å². The van der Waals surface area contributed by atoms with E-state index in [4.69, 9.17) is 0 Å². The van der Waals surface area contributed by atoms with Gasteiger partial charge in [-0.2, -0.15) is 6.07 Å². The van der Waals surface area contributed by atoms with Gasteiger partial charge >= 0.3 is 0 Å². The van der Waals surface area contributed by atoms with Crippen LogP contribution in [-0.2, 0) is 17.1 Å². The zero-order chi connectivity index (χ0) is 24.3. The molecular weight excluding hydrogens is 502 g/mol. The molecule has 0 amide bonds. The third-order valence-corrected chi connectivity index (χ3v) is 15.1. The summed E-state index contributed by atoms with van der Waals surface area (Å²) in [7, 11) is 0.120. The predicted molar refractivity (Wildman–Crippen MR) is 159 cm³/mol. The molecule has 204 valence electrons. The Balaban J connectivity index is 0.000000640. The molecule has 3 heteroatoms. The summed E-state index contributed by atoms with van der Waals surface area (Å²) in [4.78, 5) is 0. The fourth-order valence-electron chi connectivity index (χ4n) is 6.27. The van der Waals surface area contributed by atoms with Crippen molar-refractivity contribution in [3.05, 3.63) is 54.1 Å². The van der Waals surface area contributed by atoms with Crippen LogP contribution >= 0.6 is 15.8 Å². The molecule has 2 saturated carbocycles. The van der Waals surface area contributed by atoms with Crippen LogP contribution in [0.2, 0.25) is 0 Å². The van der Waals surface area contributed by atoms with E-state index in [0.29, 0.717) is 0 Å². The molecular formula is C32H52FeP2-6. The minimum atomic E-state index is 0. The third-order valence-electron chi connectivity index (χ3n) is 7.79. The van der Waals surface area contributed by atoms with Gasteiger partial charge < -0.3 is 30.3 Å². The van der Waals surface area contributed by atoms with Gasteiger partial charge in [-0.15, -0.1) is 18.8 Å². The Labute approximate surface area is 231 Å². The van der Waals surface area contributed by atoms with Crippen LogP contribution in [0, 0.1) is 11.8 Å². The Bertz CT molecular complexity index is 705. The van der Waals surface area contributed by atoms with Crippen molar-refractivity contribution in [1.82, 2.24) is 0 Å². The fraction of sp³-hybridized carbons (Fsp3) is 0.688. The first-order chi connectivity index (χ1) is 16.5.